The highest BCUT2D eigenvalue weighted by Gasteiger charge is 2.47. The Balaban J connectivity index is 1.87. The summed E-state index contributed by atoms with van der Waals surface area (Å²) >= 11 is 0. The molecule has 1 amide bonds. The zero-order valence-electron chi connectivity index (χ0n) is 21.8. The number of amides is 1. The maximum absolute atomic E-state index is 13.5. The second-order valence-corrected chi connectivity index (χ2v) is 9.02. The third-order valence-electron chi connectivity index (χ3n) is 6.46. The zero-order chi connectivity index (χ0) is 26.5. The first-order chi connectivity index (χ1) is 17.9. The smallest absolute Gasteiger partial charge is 0.300 e. The van der Waals surface area contributed by atoms with Gasteiger partial charge in [-0.3, -0.25) is 14.5 Å². The summed E-state index contributed by atoms with van der Waals surface area (Å²) in [6.45, 7) is 8.93. The van der Waals surface area contributed by atoms with Crippen LogP contribution in [0.1, 0.15) is 55.5 Å². The Morgan fingerprint density at radius 2 is 1.70 bits per heavy atom. The number of hydrogen-bond acceptors (Lipinski definition) is 5. The highest BCUT2D eigenvalue weighted by Crippen LogP contribution is 2.43. The van der Waals surface area contributed by atoms with Crippen LogP contribution in [0.5, 0.6) is 11.5 Å². The van der Waals surface area contributed by atoms with Gasteiger partial charge in [0.2, 0.25) is 0 Å². The van der Waals surface area contributed by atoms with Gasteiger partial charge in [0.15, 0.2) is 0 Å². The van der Waals surface area contributed by atoms with Gasteiger partial charge in [-0.25, -0.2) is 0 Å². The number of carbonyl (C=O) groups is 2. The summed E-state index contributed by atoms with van der Waals surface area (Å²) in [5.74, 6) is -0.316. The van der Waals surface area contributed by atoms with E-state index in [1.165, 1.54) is 4.90 Å². The number of rotatable bonds is 9. The minimum atomic E-state index is -0.792. The Labute approximate surface area is 218 Å². The van der Waals surface area contributed by atoms with Gasteiger partial charge in [0.05, 0.1) is 24.8 Å². The van der Waals surface area contributed by atoms with E-state index in [1.807, 2.05) is 51.1 Å². The fourth-order valence-corrected chi connectivity index (χ4v) is 4.56. The summed E-state index contributed by atoms with van der Waals surface area (Å²) < 4.78 is 11.4. The van der Waals surface area contributed by atoms with Crippen LogP contribution >= 0.6 is 0 Å². The van der Waals surface area contributed by atoms with Crippen LogP contribution in [0.2, 0.25) is 0 Å². The lowest BCUT2D eigenvalue weighted by atomic mass is 9.94. The summed E-state index contributed by atoms with van der Waals surface area (Å²) in [5, 5.41) is 11.4. The highest BCUT2D eigenvalue weighted by atomic mass is 16.5. The number of ether oxygens (including phenoxy) is 2. The number of anilines is 1. The quantitative estimate of drug-likeness (QED) is 0.210. The van der Waals surface area contributed by atoms with E-state index >= 15 is 0 Å². The molecular formula is C31H33NO5. The van der Waals surface area contributed by atoms with E-state index in [0.717, 1.165) is 29.5 Å². The number of aliphatic hydroxyl groups is 1. The predicted octanol–water partition coefficient (Wildman–Crippen LogP) is 6.37. The van der Waals surface area contributed by atoms with Crippen LogP contribution in [-0.4, -0.2) is 30.0 Å². The van der Waals surface area contributed by atoms with Crippen molar-refractivity contribution in [2.24, 2.45) is 0 Å². The SMILES string of the molecule is CCCOc1cccc(N2C(=O)C(=O)/C(=C(/O)c3ccc(OCC)c(C)c3)C2c2ccc(CC)cc2)c1. The van der Waals surface area contributed by atoms with Crippen molar-refractivity contribution in [3.63, 3.8) is 0 Å². The van der Waals surface area contributed by atoms with Crippen molar-refractivity contribution in [3.8, 4) is 11.5 Å². The molecule has 0 spiro atoms. The molecule has 1 fully saturated rings. The van der Waals surface area contributed by atoms with Crippen molar-refractivity contribution in [3.05, 3.63) is 94.6 Å². The minimum absolute atomic E-state index is 0.0534. The van der Waals surface area contributed by atoms with Crippen molar-refractivity contribution in [2.75, 3.05) is 18.1 Å². The molecule has 0 bridgehead atoms. The van der Waals surface area contributed by atoms with Crippen LogP contribution in [0, 0.1) is 6.92 Å². The van der Waals surface area contributed by atoms with Crippen molar-refractivity contribution in [1.82, 2.24) is 0 Å². The highest BCUT2D eigenvalue weighted by molar-refractivity contribution is 6.51. The van der Waals surface area contributed by atoms with E-state index in [4.69, 9.17) is 9.47 Å². The molecule has 3 aromatic rings. The molecule has 0 saturated carbocycles. The summed E-state index contributed by atoms with van der Waals surface area (Å²) in [4.78, 5) is 28.4. The average molecular weight is 500 g/mol. The Hall–Kier alpha value is -4.06. The molecule has 3 aromatic carbocycles. The van der Waals surface area contributed by atoms with E-state index in [-0.39, 0.29) is 11.3 Å². The van der Waals surface area contributed by atoms with E-state index < -0.39 is 17.7 Å². The molecule has 1 saturated heterocycles. The van der Waals surface area contributed by atoms with E-state index in [0.29, 0.717) is 36.0 Å². The van der Waals surface area contributed by atoms with E-state index in [1.54, 1.807) is 36.4 Å². The van der Waals surface area contributed by atoms with Crippen LogP contribution in [0.15, 0.2) is 72.3 Å². The number of aryl methyl sites for hydroxylation is 2. The number of aliphatic hydroxyl groups excluding tert-OH is 1. The molecule has 6 heteroatoms. The maximum atomic E-state index is 13.5. The normalized spacial score (nSPS) is 16.8. The lowest BCUT2D eigenvalue weighted by Crippen LogP contribution is -2.29. The molecule has 1 unspecified atom stereocenters. The third kappa shape index (κ3) is 5.24. The zero-order valence-corrected chi connectivity index (χ0v) is 21.8. The molecule has 1 aliphatic rings. The van der Waals surface area contributed by atoms with Crippen LogP contribution in [0.4, 0.5) is 5.69 Å². The standard InChI is InChI=1S/C31H33NO5/c1-5-17-37-25-10-8-9-24(19-25)32-28(22-13-11-21(6-2)12-14-22)27(30(34)31(32)35)29(33)23-15-16-26(36-7-3)20(4)18-23/h8-16,18-19,28,33H,5-7,17H2,1-4H3/b29-27+. The second kappa shape index (κ2) is 11.3. The molecular weight excluding hydrogens is 466 g/mol. The molecule has 1 heterocycles. The van der Waals surface area contributed by atoms with Gasteiger partial charge >= 0.3 is 0 Å². The number of ketones is 1. The number of nitrogens with zero attached hydrogens (tertiary/aromatic N) is 1. The number of Topliss-reactive ketones (excluding diaryl/α,β-unsaturated/α-hetero) is 1. The number of hydrogen-bond donors (Lipinski definition) is 1. The molecule has 4 rings (SSSR count). The molecule has 1 atom stereocenters. The molecule has 0 aliphatic carbocycles. The Bertz CT molecular complexity index is 1330. The van der Waals surface area contributed by atoms with Crippen LogP contribution in [0.3, 0.4) is 0 Å². The largest absolute Gasteiger partial charge is 0.507 e. The molecule has 1 aliphatic heterocycles. The second-order valence-electron chi connectivity index (χ2n) is 9.02. The van der Waals surface area contributed by atoms with Gasteiger partial charge < -0.3 is 14.6 Å². The van der Waals surface area contributed by atoms with Crippen LogP contribution in [0.25, 0.3) is 5.76 Å². The van der Waals surface area contributed by atoms with E-state index in [2.05, 4.69) is 6.92 Å². The molecule has 37 heavy (non-hydrogen) atoms. The van der Waals surface area contributed by atoms with Crippen molar-refractivity contribution in [1.29, 1.82) is 0 Å². The minimum Gasteiger partial charge on any atom is -0.507 e. The first-order valence-electron chi connectivity index (χ1n) is 12.8. The number of carbonyl (C=O) groups excluding carboxylic acids is 2. The Morgan fingerprint density at radius 3 is 2.35 bits per heavy atom. The molecule has 0 aromatic heterocycles. The fraction of sp³-hybridized carbons (Fsp3) is 0.290. The Kier molecular flexibility index (Phi) is 7.97. The maximum Gasteiger partial charge on any atom is 0.300 e. The summed E-state index contributed by atoms with van der Waals surface area (Å²) in [6, 6.07) is 19.4. The fourth-order valence-electron chi connectivity index (χ4n) is 4.56. The van der Waals surface area contributed by atoms with Gasteiger partial charge in [0, 0.05) is 17.3 Å². The van der Waals surface area contributed by atoms with Gasteiger partial charge in [0.25, 0.3) is 11.7 Å². The topological polar surface area (TPSA) is 76.1 Å². The molecule has 6 nitrogen and oxygen atoms in total. The number of benzene rings is 3. The van der Waals surface area contributed by atoms with E-state index in [9.17, 15) is 14.7 Å². The molecule has 1 N–H and O–H groups in total. The van der Waals surface area contributed by atoms with Gasteiger partial charge in [0.1, 0.15) is 17.3 Å². The third-order valence-corrected chi connectivity index (χ3v) is 6.46. The van der Waals surface area contributed by atoms with Gasteiger partial charge in [-0.2, -0.15) is 0 Å². The Morgan fingerprint density at radius 1 is 0.946 bits per heavy atom. The lowest BCUT2D eigenvalue weighted by molar-refractivity contribution is -0.132. The average Bonchev–Trinajstić information content (AvgIpc) is 3.18. The lowest BCUT2D eigenvalue weighted by Gasteiger charge is -2.26. The first kappa shape index (κ1) is 26.0. The van der Waals surface area contributed by atoms with Gasteiger partial charge in [-0.05, 0) is 73.7 Å². The van der Waals surface area contributed by atoms with Crippen molar-refractivity contribution < 1.29 is 24.2 Å². The summed E-state index contributed by atoms with van der Waals surface area (Å²) in [5.41, 5.74) is 3.73. The molecule has 0 radical (unpaired) electrons. The predicted molar refractivity (Wildman–Crippen MR) is 145 cm³/mol. The van der Waals surface area contributed by atoms with Gasteiger partial charge in [-0.15, -0.1) is 0 Å². The monoisotopic (exact) mass is 499 g/mol. The summed E-state index contributed by atoms with van der Waals surface area (Å²) in [6.07, 6.45) is 1.71. The van der Waals surface area contributed by atoms with Crippen LogP contribution < -0.4 is 14.4 Å². The van der Waals surface area contributed by atoms with Crippen molar-refractivity contribution >= 4 is 23.1 Å². The first-order valence-corrected chi connectivity index (χ1v) is 12.8. The van der Waals surface area contributed by atoms with Crippen molar-refractivity contribution in [2.45, 2.75) is 46.6 Å². The summed E-state index contributed by atoms with van der Waals surface area (Å²) in [7, 11) is 0. The molecule has 192 valence electrons. The van der Waals surface area contributed by atoms with Gasteiger partial charge in [-0.1, -0.05) is 44.2 Å². The van der Waals surface area contributed by atoms with Crippen LogP contribution in [-0.2, 0) is 16.0 Å².